The van der Waals surface area contributed by atoms with Gasteiger partial charge in [0.25, 0.3) is 0 Å². The number of rotatable bonds is 15. The molecule has 3 aromatic carbocycles. The topological polar surface area (TPSA) is 114 Å². The number of aliphatic carboxylic acids is 1. The molecule has 0 saturated heterocycles. The second kappa shape index (κ2) is 14.7. The zero-order valence-corrected chi connectivity index (χ0v) is 29.0. The van der Waals surface area contributed by atoms with Crippen LogP contribution in [0.1, 0.15) is 68.9 Å². The summed E-state index contributed by atoms with van der Waals surface area (Å²) in [4.78, 5) is 11.5. The molecule has 44 heavy (non-hydrogen) atoms. The van der Waals surface area contributed by atoms with Crippen molar-refractivity contribution in [3.05, 3.63) is 95.1 Å². The van der Waals surface area contributed by atoms with Crippen molar-refractivity contribution < 1.29 is 27.5 Å². The monoisotopic (exact) mass is 640 g/mol. The van der Waals surface area contributed by atoms with E-state index < -0.39 is 30.2 Å². The molecule has 3 rings (SSSR count). The number of carboxylic acids is 1. The van der Waals surface area contributed by atoms with Gasteiger partial charge in [0, 0.05) is 12.6 Å². The predicted molar refractivity (Wildman–Crippen MR) is 180 cm³/mol. The standard InChI is InChI=1S/C34H48N2O6SSi/c1-24(19-27-15-12-16-28(20-27)25(2)33(37)38)35-22-32(42-44(7,8)34(3,4)5)29-17-18-31(30(21-29)36-43(6,39)40)41-23-26-13-10-9-11-14-26/h9-18,20-21,24-25,32,35-36H,19,22-23H2,1-8H3,(H,37,38)/t24-,25?,32+/m1/s1. The molecule has 0 fully saturated rings. The Kier molecular flexibility index (Phi) is 11.8. The van der Waals surface area contributed by atoms with Gasteiger partial charge in [0.05, 0.1) is 24.0 Å². The summed E-state index contributed by atoms with van der Waals surface area (Å²) in [6, 6.07) is 23.0. The maximum Gasteiger partial charge on any atom is 0.310 e. The van der Waals surface area contributed by atoms with Gasteiger partial charge in [-0.25, -0.2) is 8.42 Å². The molecule has 0 radical (unpaired) electrons. The Labute approximate surface area is 264 Å². The van der Waals surface area contributed by atoms with Crippen LogP contribution in [-0.4, -0.2) is 46.7 Å². The van der Waals surface area contributed by atoms with Gasteiger partial charge in [-0.15, -0.1) is 0 Å². The van der Waals surface area contributed by atoms with E-state index in [1.807, 2.05) is 66.7 Å². The minimum Gasteiger partial charge on any atom is -0.487 e. The predicted octanol–water partition coefficient (Wildman–Crippen LogP) is 7.11. The number of sulfonamides is 1. The number of carbonyl (C=O) groups is 1. The average Bonchev–Trinajstić information content (AvgIpc) is 2.93. The molecular formula is C34H48N2O6SSi. The van der Waals surface area contributed by atoms with E-state index in [9.17, 15) is 18.3 Å². The molecule has 8 nitrogen and oxygen atoms in total. The first-order valence-electron chi connectivity index (χ1n) is 15.0. The molecular weight excluding hydrogens is 593 g/mol. The highest BCUT2D eigenvalue weighted by Crippen LogP contribution is 2.40. The maximum absolute atomic E-state index is 12.3. The van der Waals surface area contributed by atoms with Crippen LogP contribution in [0.2, 0.25) is 18.1 Å². The Hall–Kier alpha value is -3.18. The van der Waals surface area contributed by atoms with Gasteiger partial charge in [-0.2, -0.15) is 0 Å². The lowest BCUT2D eigenvalue weighted by atomic mass is 9.97. The van der Waals surface area contributed by atoms with Crippen molar-refractivity contribution in [1.82, 2.24) is 5.32 Å². The molecule has 1 unspecified atom stereocenters. The second-order valence-corrected chi connectivity index (χ2v) is 19.6. The molecule has 0 amide bonds. The van der Waals surface area contributed by atoms with Gasteiger partial charge in [-0.1, -0.05) is 81.4 Å². The Balaban J connectivity index is 1.87. The van der Waals surface area contributed by atoms with Crippen molar-refractivity contribution in [3.63, 3.8) is 0 Å². The normalized spacial score (nSPS) is 14.5. The van der Waals surface area contributed by atoms with Crippen LogP contribution in [0, 0.1) is 0 Å². The van der Waals surface area contributed by atoms with Crippen molar-refractivity contribution in [2.24, 2.45) is 0 Å². The van der Waals surface area contributed by atoms with Gasteiger partial charge in [0.2, 0.25) is 10.0 Å². The van der Waals surface area contributed by atoms with Crippen LogP contribution < -0.4 is 14.8 Å². The molecule has 3 aromatic rings. The van der Waals surface area contributed by atoms with E-state index in [0.29, 0.717) is 31.0 Å². The summed E-state index contributed by atoms with van der Waals surface area (Å²) in [5, 5.41) is 13.0. The summed E-state index contributed by atoms with van der Waals surface area (Å²) in [5.74, 6) is -0.985. The second-order valence-electron chi connectivity index (χ2n) is 13.1. The first-order valence-corrected chi connectivity index (χ1v) is 19.8. The van der Waals surface area contributed by atoms with Crippen molar-refractivity contribution in [1.29, 1.82) is 0 Å². The molecule has 0 heterocycles. The van der Waals surface area contributed by atoms with Crippen molar-refractivity contribution in [3.8, 4) is 5.75 Å². The summed E-state index contributed by atoms with van der Waals surface area (Å²) < 4.78 is 40.3. The van der Waals surface area contributed by atoms with E-state index >= 15 is 0 Å². The summed E-state index contributed by atoms with van der Waals surface area (Å²) in [5.41, 5.74) is 4.01. The van der Waals surface area contributed by atoms with Gasteiger partial charge in [0.1, 0.15) is 12.4 Å². The van der Waals surface area contributed by atoms with Gasteiger partial charge >= 0.3 is 5.97 Å². The zero-order valence-electron chi connectivity index (χ0n) is 27.2. The number of nitrogens with one attached hydrogen (secondary N) is 2. The Morgan fingerprint density at radius 3 is 2.20 bits per heavy atom. The molecule has 10 heteroatoms. The summed E-state index contributed by atoms with van der Waals surface area (Å²) in [6.45, 7) is 15.6. The molecule has 0 aromatic heterocycles. The third kappa shape index (κ3) is 10.5. The molecule has 3 N–H and O–H groups in total. The van der Waals surface area contributed by atoms with Gasteiger partial charge < -0.3 is 19.6 Å². The molecule has 240 valence electrons. The summed E-state index contributed by atoms with van der Waals surface area (Å²) in [6.07, 6.45) is 1.49. The first-order chi connectivity index (χ1) is 20.4. The van der Waals surface area contributed by atoms with Crippen LogP contribution >= 0.6 is 0 Å². The lowest BCUT2D eigenvalue weighted by Crippen LogP contribution is -2.44. The Morgan fingerprint density at radius 2 is 1.59 bits per heavy atom. The zero-order chi connectivity index (χ0) is 32.7. The van der Waals surface area contributed by atoms with Crippen LogP contribution in [0.25, 0.3) is 0 Å². The molecule has 0 saturated carbocycles. The Morgan fingerprint density at radius 1 is 0.932 bits per heavy atom. The molecule has 0 bridgehead atoms. The summed E-state index contributed by atoms with van der Waals surface area (Å²) in [7, 11) is -5.80. The molecule has 0 aliphatic rings. The minimum atomic E-state index is -3.57. The van der Waals surface area contributed by atoms with E-state index in [1.165, 1.54) is 0 Å². The highest BCUT2D eigenvalue weighted by molar-refractivity contribution is 7.92. The lowest BCUT2D eigenvalue weighted by molar-refractivity contribution is -0.138. The smallest absolute Gasteiger partial charge is 0.310 e. The van der Waals surface area contributed by atoms with Crippen molar-refractivity contribution >= 4 is 30.0 Å². The number of anilines is 1. The molecule has 0 aliphatic heterocycles. The van der Waals surface area contributed by atoms with Crippen LogP contribution in [0.4, 0.5) is 5.69 Å². The highest BCUT2D eigenvalue weighted by Gasteiger charge is 2.39. The Bertz CT molecular complexity index is 1510. The van der Waals surface area contributed by atoms with E-state index in [0.717, 1.165) is 28.5 Å². The summed E-state index contributed by atoms with van der Waals surface area (Å²) >= 11 is 0. The average molecular weight is 641 g/mol. The molecule has 0 spiro atoms. The number of hydrogen-bond acceptors (Lipinski definition) is 6. The lowest BCUT2D eigenvalue weighted by Gasteiger charge is -2.40. The molecule has 3 atom stereocenters. The maximum atomic E-state index is 12.3. The fourth-order valence-corrected chi connectivity index (χ4v) is 6.36. The molecule has 0 aliphatic carbocycles. The van der Waals surface area contributed by atoms with Gasteiger partial charge in [0.15, 0.2) is 8.32 Å². The minimum absolute atomic E-state index is 0.0370. The first kappa shape index (κ1) is 35.3. The van der Waals surface area contributed by atoms with Crippen molar-refractivity contribution in [2.45, 2.75) is 83.8 Å². The number of hydrogen-bond donors (Lipinski definition) is 3. The largest absolute Gasteiger partial charge is 0.487 e. The van der Waals surface area contributed by atoms with Gasteiger partial charge in [-0.05, 0) is 72.8 Å². The van der Waals surface area contributed by atoms with E-state index in [-0.39, 0.29) is 17.2 Å². The van der Waals surface area contributed by atoms with Gasteiger partial charge in [-0.3, -0.25) is 9.52 Å². The quantitative estimate of drug-likeness (QED) is 0.152. The number of ether oxygens (including phenoxy) is 1. The van der Waals surface area contributed by atoms with Crippen LogP contribution in [0.3, 0.4) is 0 Å². The number of carboxylic acid groups (broad SMARTS) is 1. The third-order valence-electron chi connectivity index (χ3n) is 8.17. The number of benzene rings is 3. The fraction of sp³-hybridized carbons (Fsp3) is 0.441. The van der Waals surface area contributed by atoms with Crippen LogP contribution in [0.15, 0.2) is 72.8 Å². The van der Waals surface area contributed by atoms with Crippen molar-refractivity contribution in [2.75, 3.05) is 17.5 Å². The van der Waals surface area contributed by atoms with E-state index in [4.69, 9.17) is 9.16 Å². The van der Waals surface area contributed by atoms with Crippen LogP contribution in [-0.2, 0) is 32.3 Å². The fourth-order valence-electron chi connectivity index (χ4n) is 4.51. The van der Waals surface area contributed by atoms with Crippen LogP contribution in [0.5, 0.6) is 5.75 Å². The van der Waals surface area contributed by atoms with E-state index in [1.54, 1.807) is 13.0 Å². The third-order valence-corrected chi connectivity index (χ3v) is 13.2. The SMILES string of the molecule is CC(C(=O)O)c1cccc(C[C@@H](C)NC[C@H](O[Si](C)(C)C(C)(C)C)c2ccc(OCc3ccccc3)c(NS(C)(=O)=O)c2)c1. The highest BCUT2D eigenvalue weighted by atomic mass is 32.2. The van der Waals surface area contributed by atoms with E-state index in [2.05, 4.69) is 50.8 Å².